The lowest BCUT2D eigenvalue weighted by atomic mass is 9.79. The van der Waals surface area contributed by atoms with Crippen molar-refractivity contribution in [1.29, 1.82) is 0 Å². The summed E-state index contributed by atoms with van der Waals surface area (Å²) in [5.41, 5.74) is -0.0410. The molecule has 0 bridgehead atoms. The quantitative estimate of drug-likeness (QED) is 0.561. The number of halogens is 3. The lowest BCUT2D eigenvalue weighted by Gasteiger charge is -2.32. The van der Waals surface area contributed by atoms with Crippen LogP contribution in [0.25, 0.3) is 0 Å². The lowest BCUT2D eigenvalue weighted by molar-refractivity contribution is 0.00578. The van der Waals surface area contributed by atoms with Gasteiger partial charge in [-0.2, -0.15) is 0 Å². The van der Waals surface area contributed by atoms with E-state index >= 15 is 0 Å². The monoisotopic (exact) mass is 350 g/mol. The molecule has 0 N–H and O–H groups in total. The first-order valence-corrected chi connectivity index (χ1v) is 7.19. The summed E-state index contributed by atoms with van der Waals surface area (Å²) in [6.07, 6.45) is 0. The van der Waals surface area contributed by atoms with Crippen molar-refractivity contribution in [2.75, 3.05) is 0 Å². The van der Waals surface area contributed by atoms with Crippen LogP contribution >= 0.6 is 39.1 Å². The zero-order valence-corrected chi connectivity index (χ0v) is 13.8. The fourth-order valence-corrected chi connectivity index (χ4v) is 2.75. The second-order valence-corrected chi connectivity index (χ2v) is 7.05. The molecule has 18 heavy (non-hydrogen) atoms. The van der Waals surface area contributed by atoms with Crippen molar-refractivity contribution in [2.24, 2.45) is 0 Å². The summed E-state index contributed by atoms with van der Waals surface area (Å²) in [7, 11) is -0.502. The van der Waals surface area contributed by atoms with Crippen molar-refractivity contribution >= 4 is 51.7 Å². The van der Waals surface area contributed by atoms with E-state index in [1.807, 2.05) is 27.7 Å². The summed E-state index contributed by atoms with van der Waals surface area (Å²) in [5, 5.41) is 1.16. The van der Waals surface area contributed by atoms with Crippen LogP contribution in [0.2, 0.25) is 10.0 Å². The summed E-state index contributed by atoms with van der Waals surface area (Å²) in [4.78, 5) is 0. The van der Waals surface area contributed by atoms with Crippen molar-refractivity contribution in [3.8, 4) is 0 Å². The van der Waals surface area contributed by atoms with E-state index in [9.17, 15) is 0 Å². The minimum atomic E-state index is -0.502. The van der Waals surface area contributed by atoms with Crippen LogP contribution in [0, 0.1) is 0 Å². The molecule has 0 radical (unpaired) electrons. The zero-order chi connectivity index (χ0) is 13.7. The van der Waals surface area contributed by atoms with Crippen LogP contribution in [-0.4, -0.2) is 18.3 Å². The van der Waals surface area contributed by atoms with Gasteiger partial charge in [0.1, 0.15) is 0 Å². The molecule has 1 aromatic carbocycles. The molecule has 1 aliphatic heterocycles. The van der Waals surface area contributed by atoms with Crippen molar-refractivity contribution in [1.82, 2.24) is 0 Å². The average Bonchev–Trinajstić information content (AvgIpc) is 2.42. The molecule has 1 saturated heterocycles. The molecule has 6 heteroatoms. The smallest absolute Gasteiger partial charge is 0.399 e. The van der Waals surface area contributed by atoms with Gasteiger partial charge in [-0.15, -0.1) is 0 Å². The first-order valence-electron chi connectivity index (χ1n) is 5.64. The molecule has 2 rings (SSSR count). The molecular weight excluding hydrogens is 338 g/mol. The third kappa shape index (κ3) is 2.46. The topological polar surface area (TPSA) is 18.5 Å². The number of benzene rings is 1. The normalized spacial score (nSPS) is 21.4. The van der Waals surface area contributed by atoms with Crippen LogP contribution in [0.15, 0.2) is 16.6 Å². The van der Waals surface area contributed by atoms with Gasteiger partial charge in [-0.1, -0.05) is 23.2 Å². The molecule has 1 aliphatic rings. The Labute approximate surface area is 126 Å². The minimum absolute atomic E-state index is 0.393. The van der Waals surface area contributed by atoms with Crippen LogP contribution < -0.4 is 5.46 Å². The van der Waals surface area contributed by atoms with Gasteiger partial charge in [0.05, 0.1) is 16.2 Å². The second-order valence-electron chi connectivity index (χ2n) is 5.38. The minimum Gasteiger partial charge on any atom is -0.399 e. The lowest BCUT2D eigenvalue weighted by Crippen LogP contribution is -2.41. The highest BCUT2D eigenvalue weighted by Gasteiger charge is 2.52. The van der Waals surface area contributed by atoms with Gasteiger partial charge < -0.3 is 9.31 Å². The number of rotatable bonds is 1. The molecule has 1 fully saturated rings. The molecule has 1 heterocycles. The van der Waals surface area contributed by atoms with Gasteiger partial charge in [0.2, 0.25) is 0 Å². The van der Waals surface area contributed by atoms with Crippen molar-refractivity contribution in [3.05, 3.63) is 26.7 Å². The van der Waals surface area contributed by atoms with Gasteiger partial charge in [0.15, 0.2) is 0 Å². The summed E-state index contributed by atoms with van der Waals surface area (Å²) >= 11 is 15.7. The number of hydrogen-bond acceptors (Lipinski definition) is 2. The van der Waals surface area contributed by atoms with Gasteiger partial charge in [-0.3, -0.25) is 0 Å². The van der Waals surface area contributed by atoms with Crippen LogP contribution in [-0.2, 0) is 9.31 Å². The standard InChI is InChI=1S/C12H14BBrCl2O2/c1-11(2)12(3,4)18-13(17-11)8-5-7(15)6-9(14)10(8)16/h5-6H,1-4H3. The highest BCUT2D eigenvalue weighted by atomic mass is 79.9. The molecule has 0 aromatic heterocycles. The van der Waals surface area contributed by atoms with Gasteiger partial charge in [0, 0.05) is 15.0 Å². The Morgan fingerprint density at radius 1 is 1.06 bits per heavy atom. The van der Waals surface area contributed by atoms with E-state index in [0.717, 1.165) is 9.94 Å². The molecule has 0 amide bonds. The molecule has 0 unspecified atom stereocenters. The van der Waals surface area contributed by atoms with E-state index < -0.39 is 18.3 Å². The molecule has 2 nitrogen and oxygen atoms in total. The van der Waals surface area contributed by atoms with E-state index in [1.54, 1.807) is 12.1 Å². The molecule has 0 saturated carbocycles. The van der Waals surface area contributed by atoms with Crippen LogP contribution in [0.1, 0.15) is 27.7 Å². The molecule has 1 aromatic rings. The predicted octanol–water partition coefficient (Wildman–Crippen LogP) is 4.06. The van der Waals surface area contributed by atoms with Gasteiger partial charge in [-0.25, -0.2) is 0 Å². The van der Waals surface area contributed by atoms with Crippen molar-refractivity contribution in [2.45, 2.75) is 38.9 Å². The molecule has 98 valence electrons. The SMILES string of the molecule is CC1(C)OB(c2cc(Cl)cc(Br)c2Cl)OC1(C)C. The maximum atomic E-state index is 6.27. The summed E-state index contributed by atoms with van der Waals surface area (Å²) in [6, 6.07) is 3.52. The first kappa shape index (κ1) is 14.7. The predicted molar refractivity (Wildman–Crippen MR) is 79.9 cm³/mol. The van der Waals surface area contributed by atoms with Crippen molar-refractivity contribution in [3.63, 3.8) is 0 Å². The van der Waals surface area contributed by atoms with Crippen molar-refractivity contribution < 1.29 is 9.31 Å². The fraction of sp³-hybridized carbons (Fsp3) is 0.500. The van der Waals surface area contributed by atoms with Gasteiger partial charge >= 0.3 is 7.12 Å². The van der Waals surface area contributed by atoms with Gasteiger partial charge in [-0.05, 0) is 55.8 Å². The highest BCUT2D eigenvalue weighted by Crippen LogP contribution is 2.37. The molecular formula is C12H14BBrCl2O2. The molecule has 0 spiro atoms. The van der Waals surface area contributed by atoms with Crippen LogP contribution in [0.3, 0.4) is 0 Å². The fourth-order valence-electron chi connectivity index (χ4n) is 1.72. The number of hydrogen-bond donors (Lipinski definition) is 0. The zero-order valence-electron chi connectivity index (χ0n) is 10.7. The summed E-state index contributed by atoms with van der Waals surface area (Å²) in [5.74, 6) is 0. The Hall–Kier alpha value is 0.265. The van der Waals surface area contributed by atoms with E-state index in [2.05, 4.69) is 15.9 Å². The third-order valence-corrected chi connectivity index (χ3v) is 5.02. The second kappa shape index (κ2) is 4.67. The largest absolute Gasteiger partial charge is 0.496 e. The van der Waals surface area contributed by atoms with E-state index in [0.29, 0.717) is 10.0 Å². The Morgan fingerprint density at radius 2 is 1.56 bits per heavy atom. The van der Waals surface area contributed by atoms with E-state index in [-0.39, 0.29) is 0 Å². The Kier molecular flexibility index (Phi) is 3.81. The maximum absolute atomic E-state index is 6.27. The average molecular weight is 352 g/mol. The first-order chi connectivity index (χ1) is 8.14. The summed E-state index contributed by atoms with van der Waals surface area (Å²) in [6.45, 7) is 8.00. The summed E-state index contributed by atoms with van der Waals surface area (Å²) < 4.78 is 12.6. The van der Waals surface area contributed by atoms with Crippen LogP contribution in [0.5, 0.6) is 0 Å². The van der Waals surface area contributed by atoms with E-state index in [1.165, 1.54) is 0 Å². The highest BCUT2D eigenvalue weighted by molar-refractivity contribution is 9.10. The van der Waals surface area contributed by atoms with E-state index in [4.69, 9.17) is 32.5 Å². The molecule has 0 atom stereocenters. The third-order valence-electron chi connectivity index (χ3n) is 3.53. The maximum Gasteiger partial charge on any atom is 0.496 e. The Bertz CT molecular complexity index is 475. The van der Waals surface area contributed by atoms with Crippen LogP contribution in [0.4, 0.5) is 0 Å². The van der Waals surface area contributed by atoms with Gasteiger partial charge in [0.25, 0.3) is 0 Å². The Morgan fingerprint density at radius 3 is 2.06 bits per heavy atom. The molecule has 0 aliphatic carbocycles. The Balaban J connectivity index is 2.41.